The predicted molar refractivity (Wildman–Crippen MR) is 84.1 cm³/mol. The molecule has 0 saturated carbocycles. The second kappa shape index (κ2) is 7.31. The molecular weight excluding hydrogens is 266 g/mol. The van der Waals surface area contributed by atoms with Gasteiger partial charge in [0.2, 0.25) is 5.91 Å². The molecule has 1 amide bonds. The molecule has 5 heteroatoms. The van der Waals surface area contributed by atoms with Gasteiger partial charge in [0.25, 0.3) is 0 Å². The van der Waals surface area contributed by atoms with Gasteiger partial charge >= 0.3 is 0 Å². The first kappa shape index (κ1) is 15.6. The van der Waals surface area contributed by atoms with Crippen LogP contribution in [0.3, 0.4) is 0 Å². The zero-order valence-electron chi connectivity index (χ0n) is 12.9. The van der Waals surface area contributed by atoms with Crippen LogP contribution in [0.2, 0.25) is 0 Å². The third-order valence-corrected chi connectivity index (χ3v) is 4.05. The first-order valence-corrected chi connectivity index (χ1v) is 7.47. The number of hydrogen-bond donors (Lipinski definition) is 2. The van der Waals surface area contributed by atoms with Crippen LogP contribution < -0.4 is 15.8 Å². The number of nitrogen functional groups attached to an aromatic ring is 1. The van der Waals surface area contributed by atoms with Crippen LogP contribution in [-0.4, -0.2) is 37.6 Å². The van der Waals surface area contributed by atoms with Gasteiger partial charge in [0.15, 0.2) is 0 Å². The maximum absolute atomic E-state index is 10.9. The molecule has 1 fully saturated rings. The second-order valence-electron chi connectivity index (χ2n) is 5.73. The van der Waals surface area contributed by atoms with E-state index < -0.39 is 0 Å². The van der Waals surface area contributed by atoms with Crippen LogP contribution in [0.1, 0.15) is 25.3 Å². The van der Waals surface area contributed by atoms with Gasteiger partial charge in [-0.3, -0.25) is 9.69 Å². The zero-order valence-corrected chi connectivity index (χ0v) is 12.9. The van der Waals surface area contributed by atoms with Crippen molar-refractivity contribution in [3.63, 3.8) is 0 Å². The van der Waals surface area contributed by atoms with E-state index in [1.54, 1.807) is 14.0 Å². The second-order valence-corrected chi connectivity index (χ2v) is 5.73. The molecule has 0 unspecified atom stereocenters. The van der Waals surface area contributed by atoms with Gasteiger partial charge in [-0.25, -0.2) is 0 Å². The maximum atomic E-state index is 10.9. The molecule has 0 spiro atoms. The lowest BCUT2D eigenvalue weighted by Gasteiger charge is -2.32. The number of methoxy groups -OCH3 is 1. The number of rotatable bonds is 5. The summed E-state index contributed by atoms with van der Waals surface area (Å²) >= 11 is 0. The van der Waals surface area contributed by atoms with Crippen molar-refractivity contribution in [2.75, 3.05) is 32.5 Å². The number of ether oxygens (including phenoxy) is 1. The van der Waals surface area contributed by atoms with Gasteiger partial charge in [-0.1, -0.05) is 6.07 Å². The van der Waals surface area contributed by atoms with Crippen LogP contribution in [0.5, 0.6) is 5.75 Å². The Morgan fingerprint density at radius 3 is 2.76 bits per heavy atom. The van der Waals surface area contributed by atoms with Gasteiger partial charge in [-0.15, -0.1) is 0 Å². The molecule has 2 rings (SSSR count). The molecule has 0 atom stereocenters. The quantitative estimate of drug-likeness (QED) is 0.809. The zero-order chi connectivity index (χ0) is 15.2. The largest absolute Gasteiger partial charge is 0.496 e. The predicted octanol–water partition coefficient (Wildman–Crippen LogP) is 1.63. The molecule has 1 aliphatic heterocycles. The summed E-state index contributed by atoms with van der Waals surface area (Å²) in [5, 5.41) is 2.91. The number of carbonyl (C=O) groups is 1. The summed E-state index contributed by atoms with van der Waals surface area (Å²) in [6, 6.07) is 5.83. The lowest BCUT2D eigenvalue weighted by atomic mass is 9.96. The van der Waals surface area contributed by atoms with Crippen molar-refractivity contribution < 1.29 is 9.53 Å². The summed E-state index contributed by atoms with van der Waals surface area (Å²) in [6.07, 6.45) is 2.25. The van der Waals surface area contributed by atoms with Gasteiger partial charge in [-0.05, 0) is 37.9 Å². The number of nitrogens with zero attached hydrogens (tertiary/aromatic N) is 1. The number of amides is 1. The summed E-state index contributed by atoms with van der Waals surface area (Å²) in [5.74, 6) is 1.51. The van der Waals surface area contributed by atoms with Crippen LogP contribution in [0.15, 0.2) is 18.2 Å². The van der Waals surface area contributed by atoms with E-state index in [9.17, 15) is 4.79 Å². The van der Waals surface area contributed by atoms with Crippen molar-refractivity contribution in [3.05, 3.63) is 23.8 Å². The Morgan fingerprint density at radius 1 is 1.43 bits per heavy atom. The molecule has 1 saturated heterocycles. The van der Waals surface area contributed by atoms with Crippen molar-refractivity contribution in [3.8, 4) is 5.75 Å². The minimum absolute atomic E-state index is 0.0593. The van der Waals surface area contributed by atoms with Crippen molar-refractivity contribution >= 4 is 11.6 Å². The van der Waals surface area contributed by atoms with E-state index in [4.69, 9.17) is 10.5 Å². The molecule has 21 heavy (non-hydrogen) atoms. The number of nitrogens with two attached hydrogens (primary N) is 1. The van der Waals surface area contributed by atoms with Gasteiger partial charge in [0, 0.05) is 37.3 Å². The lowest BCUT2D eigenvalue weighted by Crippen LogP contribution is -2.37. The Hall–Kier alpha value is -1.75. The number of carbonyl (C=O) groups excluding carboxylic acids is 1. The van der Waals surface area contributed by atoms with E-state index in [0.29, 0.717) is 5.92 Å². The fraction of sp³-hybridized carbons (Fsp3) is 0.562. The fourth-order valence-electron chi connectivity index (χ4n) is 2.77. The molecule has 0 bridgehead atoms. The Kier molecular flexibility index (Phi) is 5.44. The van der Waals surface area contributed by atoms with Crippen molar-refractivity contribution in [1.29, 1.82) is 0 Å². The van der Waals surface area contributed by atoms with Crippen LogP contribution in [0, 0.1) is 5.92 Å². The van der Waals surface area contributed by atoms with Crippen LogP contribution >= 0.6 is 0 Å². The molecule has 5 nitrogen and oxygen atoms in total. The fourth-order valence-corrected chi connectivity index (χ4v) is 2.77. The first-order chi connectivity index (χ1) is 10.1. The molecule has 1 aromatic rings. The summed E-state index contributed by atoms with van der Waals surface area (Å²) in [4.78, 5) is 13.4. The Balaban J connectivity index is 1.85. The van der Waals surface area contributed by atoms with Crippen molar-refractivity contribution in [2.45, 2.75) is 26.3 Å². The normalized spacial score (nSPS) is 16.7. The Bertz CT molecular complexity index is 482. The van der Waals surface area contributed by atoms with Crippen molar-refractivity contribution in [2.24, 2.45) is 5.92 Å². The molecule has 116 valence electrons. The highest BCUT2D eigenvalue weighted by Crippen LogP contribution is 2.25. The number of benzene rings is 1. The highest BCUT2D eigenvalue weighted by Gasteiger charge is 2.20. The van der Waals surface area contributed by atoms with E-state index in [1.807, 2.05) is 18.2 Å². The number of nitrogens with one attached hydrogen (secondary N) is 1. The third-order valence-electron chi connectivity index (χ3n) is 4.05. The van der Waals surface area contributed by atoms with Crippen LogP contribution in [0.25, 0.3) is 0 Å². The first-order valence-electron chi connectivity index (χ1n) is 7.47. The molecule has 0 aliphatic carbocycles. The number of hydrogen-bond acceptors (Lipinski definition) is 4. The van der Waals surface area contributed by atoms with E-state index in [0.717, 1.165) is 50.5 Å². The number of likely N-dealkylation sites (tertiary alicyclic amines) is 1. The Labute approximate surface area is 126 Å². The Morgan fingerprint density at radius 2 is 2.14 bits per heavy atom. The molecule has 0 aromatic heterocycles. The van der Waals surface area contributed by atoms with Gasteiger partial charge in [-0.2, -0.15) is 0 Å². The molecule has 1 aliphatic rings. The summed E-state index contributed by atoms with van der Waals surface area (Å²) in [5.41, 5.74) is 7.68. The van der Waals surface area contributed by atoms with E-state index >= 15 is 0 Å². The van der Waals surface area contributed by atoms with E-state index in [-0.39, 0.29) is 5.91 Å². The molecule has 0 radical (unpaired) electrons. The molecule has 1 heterocycles. The topological polar surface area (TPSA) is 67.6 Å². The van der Waals surface area contributed by atoms with Gasteiger partial charge in [0.1, 0.15) is 5.75 Å². The highest BCUT2D eigenvalue weighted by molar-refractivity contribution is 5.72. The summed E-state index contributed by atoms with van der Waals surface area (Å²) in [7, 11) is 1.68. The smallest absolute Gasteiger partial charge is 0.216 e. The lowest BCUT2D eigenvalue weighted by molar-refractivity contribution is -0.119. The highest BCUT2D eigenvalue weighted by atomic mass is 16.5. The minimum Gasteiger partial charge on any atom is -0.496 e. The minimum atomic E-state index is 0.0593. The van der Waals surface area contributed by atoms with Gasteiger partial charge in [0.05, 0.1) is 7.11 Å². The van der Waals surface area contributed by atoms with Crippen LogP contribution in [-0.2, 0) is 11.3 Å². The molecular formula is C16H25N3O2. The van der Waals surface area contributed by atoms with Gasteiger partial charge < -0.3 is 15.8 Å². The van der Waals surface area contributed by atoms with Crippen LogP contribution in [0.4, 0.5) is 5.69 Å². The number of piperidine rings is 1. The SMILES string of the molecule is COc1cc(N)ccc1CN1CCC(CNC(C)=O)CC1. The third kappa shape index (κ3) is 4.63. The number of anilines is 1. The summed E-state index contributed by atoms with van der Waals surface area (Å²) in [6.45, 7) is 5.36. The maximum Gasteiger partial charge on any atom is 0.216 e. The average molecular weight is 291 g/mol. The standard InChI is InChI=1S/C16H25N3O2/c1-12(20)18-10-13-5-7-19(8-6-13)11-14-3-4-15(17)9-16(14)21-2/h3-4,9,13H,5-8,10-11,17H2,1-2H3,(H,18,20). The summed E-state index contributed by atoms with van der Waals surface area (Å²) < 4.78 is 5.40. The van der Waals surface area contributed by atoms with E-state index in [2.05, 4.69) is 10.2 Å². The average Bonchev–Trinajstić information content (AvgIpc) is 2.48. The van der Waals surface area contributed by atoms with Crippen molar-refractivity contribution in [1.82, 2.24) is 10.2 Å². The monoisotopic (exact) mass is 291 g/mol. The molecule has 1 aromatic carbocycles. The van der Waals surface area contributed by atoms with E-state index in [1.165, 1.54) is 5.56 Å². The molecule has 3 N–H and O–H groups in total.